The molecule has 0 saturated heterocycles. The Morgan fingerprint density at radius 1 is 1.30 bits per heavy atom. The molecule has 1 aromatic carbocycles. The van der Waals surface area contributed by atoms with Gasteiger partial charge in [0.2, 0.25) is 5.89 Å². The van der Waals surface area contributed by atoms with Gasteiger partial charge in [0.25, 0.3) is 0 Å². The SMILES string of the molecule is CC(C)(C)c1cnc(CSc2ccc(C(=O)O)cc2)o1. The van der Waals surface area contributed by atoms with Crippen LogP contribution in [0.1, 0.15) is 42.8 Å². The van der Waals surface area contributed by atoms with Gasteiger partial charge in [0.05, 0.1) is 17.5 Å². The minimum atomic E-state index is -0.913. The zero-order chi connectivity index (χ0) is 14.8. The molecule has 0 aliphatic heterocycles. The molecule has 106 valence electrons. The summed E-state index contributed by atoms with van der Waals surface area (Å²) in [5, 5.41) is 8.83. The van der Waals surface area contributed by atoms with Gasteiger partial charge >= 0.3 is 5.97 Å². The second-order valence-corrected chi connectivity index (χ2v) is 6.54. The molecule has 20 heavy (non-hydrogen) atoms. The highest BCUT2D eigenvalue weighted by Gasteiger charge is 2.19. The second kappa shape index (κ2) is 5.71. The topological polar surface area (TPSA) is 63.3 Å². The number of hydrogen-bond donors (Lipinski definition) is 1. The maximum atomic E-state index is 10.8. The number of aromatic carboxylic acids is 1. The van der Waals surface area contributed by atoms with Crippen LogP contribution in [0.15, 0.2) is 39.8 Å². The Morgan fingerprint density at radius 2 is 1.95 bits per heavy atom. The van der Waals surface area contributed by atoms with Crippen molar-refractivity contribution in [3.05, 3.63) is 47.7 Å². The maximum absolute atomic E-state index is 10.8. The van der Waals surface area contributed by atoms with Crippen molar-refractivity contribution < 1.29 is 14.3 Å². The van der Waals surface area contributed by atoms with Gasteiger partial charge in [0.15, 0.2) is 0 Å². The van der Waals surface area contributed by atoms with Crippen molar-refractivity contribution in [2.75, 3.05) is 0 Å². The van der Waals surface area contributed by atoms with E-state index in [1.807, 2.05) is 0 Å². The lowest BCUT2D eigenvalue weighted by atomic mass is 9.94. The van der Waals surface area contributed by atoms with Crippen LogP contribution in [0.25, 0.3) is 0 Å². The molecule has 0 fully saturated rings. The largest absolute Gasteiger partial charge is 0.478 e. The third kappa shape index (κ3) is 3.63. The summed E-state index contributed by atoms with van der Waals surface area (Å²) in [6, 6.07) is 6.78. The van der Waals surface area contributed by atoms with E-state index in [-0.39, 0.29) is 5.41 Å². The first-order valence-corrected chi connectivity index (χ1v) is 7.26. The van der Waals surface area contributed by atoms with Gasteiger partial charge in [-0.3, -0.25) is 0 Å². The fourth-order valence-electron chi connectivity index (χ4n) is 1.56. The number of thioether (sulfide) groups is 1. The van der Waals surface area contributed by atoms with Crippen LogP contribution in [0.3, 0.4) is 0 Å². The lowest BCUT2D eigenvalue weighted by molar-refractivity contribution is 0.0697. The number of carboxylic acids is 1. The smallest absolute Gasteiger partial charge is 0.335 e. The fourth-order valence-corrected chi connectivity index (χ4v) is 2.31. The second-order valence-electron chi connectivity index (χ2n) is 5.49. The van der Waals surface area contributed by atoms with Gasteiger partial charge in [-0.25, -0.2) is 9.78 Å². The van der Waals surface area contributed by atoms with Gasteiger partial charge in [0.1, 0.15) is 5.76 Å². The monoisotopic (exact) mass is 291 g/mol. The highest BCUT2D eigenvalue weighted by molar-refractivity contribution is 7.98. The molecule has 5 heteroatoms. The van der Waals surface area contributed by atoms with Gasteiger partial charge < -0.3 is 9.52 Å². The van der Waals surface area contributed by atoms with Crippen LogP contribution in [0.4, 0.5) is 0 Å². The van der Waals surface area contributed by atoms with E-state index in [0.29, 0.717) is 17.2 Å². The van der Waals surface area contributed by atoms with Crippen molar-refractivity contribution >= 4 is 17.7 Å². The summed E-state index contributed by atoms with van der Waals surface area (Å²) in [6.45, 7) is 6.24. The van der Waals surface area contributed by atoms with E-state index in [1.54, 1.807) is 42.2 Å². The Labute approximate surface area is 122 Å². The first-order chi connectivity index (χ1) is 9.36. The molecule has 0 spiro atoms. The third-order valence-corrected chi connectivity index (χ3v) is 3.75. The van der Waals surface area contributed by atoms with Crippen molar-refractivity contribution in [3.63, 3.8) is 0 Å². The van der Waals surface area contributed by atoms with Crippen molar-refractivity contribution in [2.24, 2.45) is 0 Å². The van der Waals surface area contributed by atoms with E-state index in [4.69, 9.17) is 9.52 Å². The van der Waals surface area contributed by atoms with E-state index in [1.165, 1.54) is 0 Å². The van der Waals surface area contributed by atoms with Gasteiger partial charge in [-0.15, -0.1) is 11.8 Å². The summed E-state index contributed by atoms with van der Waals surface area (Å²) in [7, 11) is 0. The van der Waals surface area contributed by atoms with Crippen molar-refractivity contribution in [1.82, 2.24) is 4.98 Å². The minimum absolute atomic E-state index is 0.0426. The zero-order valence-electron chi connectivity index (χ0n) is 11.7. The number of hydrogen-bond acceptors (Lipinski definition) is 4. The number of nitrogens with zero attached hydrogens (tertiary/aromatic N) is 1. The number of carbonyl (C=O) groups is 1. The summed E-state index contributed by atoms with van der Waals surface area (Å²) in [5.41, 5.74) is 0.250. The van der Waals surface area contributed by atoms with E-state index in [0.717, 1.165) is 10.7 Å². The zero-order valence-corrected chi connectivity index (χ0v) is 12.5. The Balaban J connectivity index is 1.98. The quantitative estimate of drug-likeness (QED) is 0.864. The van der Waals surface area contributed by atoms with Crippen molar-refractivity contribution in [1.29, 1.82) is 0 Å². The molecular weight excluding hydrogens is 274 g/mol. The summed E-state index contributed by atoms with van der Waals surface area (Å²) in [4.78, 5) is 16.0. The van der Waals surface area contributed by atoms with Gasteiger partial charge in [-0.1, -0.05) is 20.8 Å². The van der Waals surface area contributed by atoms with E-state index in [2.05, 4.69) is 25.8 Å². The average Bonchev–Trinajstić information content (AvgIpc) is 2.85. The summed E-state index contributed by atoms with van der Waals surface area (Å²) in [5.74, 6) is 1.27. The Bertz CT molecular complexity index is 596. The molecule has 1 heterocycles. The molecule has 4 nitrogen and oxygen atoms in total. The molecule has 0 atom stereocenters. The van der Waals surface area contributed by atoms with Crippen LogP contribution in [0.2, 0.25) is 0 Å². The first kappa shape index (κ1) is 14.7. The molecule has 0 unspecified atom stereocenters. The molecule has 0 aliphatic rings. The molecule has 0 aliphatic carbocycles. The number of carboxylic acid groups (broad SMARTS) is 1. The van der Waals surface area contributed by atoms with Crippen LogP contribution in [0.5, 0.6) is 0 Å². The Kier molecular flexibility index (Phi) is 4.18. The highest BCUT2D eigenvalue weighted by atomic mass is 32.2. The molecule has 1 N–H and O–H groups in total. The van der Waals surface area contributed by atoms with Crippen LogP contribution in [0, 0.1) is 0 Å². The molecule has 0 radical (unpaired) electrons. The average molecular weight is 291 g/mol. The van der Waals surface area contributed by atoms with Crippen LogP contribution < -0.4 is 0 Å². The lowest BCUT2D eigenvalue weighted by Gasteiger charge is -2.13. The van der Waals surface area contributed by atoms with E-state index >= 15 is 0 Å². The van der Waals surface area contributed by atoms with Crippen molar-refractivity contribution in [2.45, 2.75) is 36.8 Å². The van der Waals surface area contributed by atoms with Gasteiger partial charge in [-0.05, 0) is 24.3 Å². The third-order valence-electron chi connectivity index (χ3n) is 2.76. The highest BCUT2D eigenvalue weighted by Crippen LogP contribution is 2.26. The van der Waals surface area contributed by atoms with Crippen LogP contribution in [-0.2, 0) is 11.2 Å². The molecule has 0 bridgehead atoms. The molecular formula is C15H17NO3S. The fraction of sp³-hybridized carbons (Fsp3) is 0.333. The van der Waals surface area contributed by atoms with Gasteiger partial charge in [0, 0.05) is 10.3 Å². The van der Waals surface area contributed by atoms with Crippen molar-refractivity contribution in [3.8, 4) is 0 Å². The number of rotatable bonds is 4. The predicted molar refractivity (Wildman–Crippen MR) is 78.2 cm³/mol. The minimum Gasteiger partial charge on any atom is -0.478 e. The first-order valence-electron chi connectivity index (χ1n) is 6.27. The summed E-state index contributed by atoms with van der Waals surface area (Å²) >= 11 is 1.57. The summed E-state index contributed by atoms with van der Waals surface area (Å²) in [6.07, 6.45) is 1.77. The van der Waals surface area contributed by atoms with E-state index in [9.17, 15) is 4.79 Å². The molecule has 2 aromatic rings. The Hall–Kier alpha value is -1.75. The van der Waals surface area contributed by atoms with Crippen LogP contribution >= 0.6 is 11.8 Å². The molecule has 0 saturated carbocycles. The summed E-state index contributed by atoms with van der Waals surface area (Å²) < 4.78 is 5.71. The standard InChI is InChI=1S/C15H17NO3S/c1-15(2,3)12-8-16-13(19-12)9-20-11-6-4-10(5-7-11)14(17)18/h4-8H,9H2,1-3H3,(H,17,18). The maximum Gasteiger partial charge on any atom is 0.335 e. The van der Waals surface area contributed by atoms with Crippen LogP contribution in [-0.4, -0.2) is 16.1 Å². The number of oxazole rings is 1. The normalized spacial score (nSPS) is 11.6. The number of benzene rings is 1. The predicted octanol–water partition coefficient (Wildman–Crippen LogP) is 3.96. The lowest BCUT2D eigenvalue weighted by Crippen LogP contribution is -2.09. The molecule has 2 rings (SSSR count). The molecule has 1 aromatic heterocycles. The molecule has 0 amide bonds. The van der Waals surface area contributed by atoms with Gasteiger partial charge in [-0.2, -0.15) is 0 Å². The Morgan fingerprint density at radius 3 is 2.45 bits per heavy atom. The number of aromatic nitrogens is 1. The van der Waals surface area contributed by atoms with E-state index < -0.39 is 5.97 Å².